The van der Waals surface area contributed by atoms with Gasteiger partial charge in [0, 0.05) is 23.1 Å². The molecule has 0 saturated carbocycles. The summed E-state index contributed by atoms with van der Waals surface area (Å²) in [6, 6.07) is 14.5. The third-order valence-corrected chi connectivity index (χ3v) is 5.77. The molecule has 3 nitrogen and oxygen atoms in total. The summed E-state index contributed by atoms with van der Waals surface area (Å²) >= 11 is 7.59. The van der Waals surface area contributed by atoms with Gasteiger partial charge in [0.25, 0.3) is 0 Å². The van der Waals surface area contributed by atoms with Crippen LogP contribution in [-0.4, -0.2) is 20.7 Å². The Kier molecular flexibility index (Phi) is 6.32. The van der Waals surface area contributed by atoms with Gasteiger partial charge in [0.1, 0.15) is 0 Å². The molecule has 0 bridgehead atoms. The van der Waals surface area contributed by atoms with Gasteiger partial charge in [-0.3, -0.25) is 0 Å². The average Bonchev–Trinajstić information content (AvgIpc) is 2.47. The van der Waals surface area contributed by atoms with Crippen molar-refractivity contribution in [2.75, 3.05) is 12.3 Å². The zero-order valence-corrected chi connectivity index (χ0v) is 14.6. The Morgan fingerprint density at radius 2 is 1.86 bits per heavy atom. The highest BCUT2D eigenvalue weighted by Gasteiger charge is 2.12. The summed E-state index contributed by atoms with van der Waals surface area (Å²) in [7, 11) is -3.41. The fraction of sp³-hybridized carbons (Fsp3) is 0.250. The molecule has 0 heterocycles. The van der Waals surface area contributed by atoms with Gasteiger partial charge in [-0.2, -0.15) is 11.8 Å². The van der Waals surface area contributed by atoms with E-state index >= 15 is 0 Å². The molecule has 0 atom stereocenters. The maximum Gasteiger partial charge on any atom is 0.240 e. The van der Waals surface area contributed by atoms with Gasteiger partial charge in [-0.05, 0) is 36.8 Å². The van der Waals surface area contributed by atoms with Gasteiger partial charge in [0.05, 0.1) is 4.90 Å². The van der Waals surface area contributed by atoms with Crippen LogP contribution in [0.25, 0.3) is 0 Å². The van der Waals surface area contributed by atoms with Gasteiger partial charge < -0.3 is 0 Å². The lowest BCUT2D eigenvalue weighted by Crippen LogP contribution is -2.26. The first-order chi connectivity index (χ1) is 10.5. The number of sulfonamides is 1. The molecule has 6 heteroatoms. The average molecular weight is 356 g/mol. The molecule has 118 valence electrons. The van der Waals surface area contributed by atoms with Crippen LogP contribution in [0, 0.1) is 6.92 Å². The highest BCUT2D eigenvalue weighted by molar-refractivity contribution is 7.98. The molecule has 0 aliphatic rings. The summed E-state index contributed by atoms with van der Waals surface area (Å²) in [5.41, 5.74) is 2.18. The molecule has 2 aromatic carbocycles. The molecular weight excluding hydrogens is 338 g/mol. The van der Waals surface area contributed by atoms with Gasteiger partial charge >= 0.3 is 0 Å². The molecule has 0 saturated heterocycles. The van der Waals surface area contributed by atoms with E-state index < -0.39 is 10.0 Å². The first-order valence-electron chi connectivity index (χ1n) is 6.86. The zero-order chi connectivity index (χ0) is 16.0. The molecule has 0 fully saturated rings. The zero-order valence-electron chi connectivity index (χ0n) is 12.3. The maximum absolute atomic E-state index is 12.1. The second-order valence-corrected chi connectivity index (χ2v) is 8.20. The first kappa shape index (κ1) is 17.3. The van der Waals surface area contributed by atoms with Crippen LogP contribution in [0.5, 0.6) is 0 Å². The summed E-state index contributed by atoms with van der Waals surface area (Å²) in [6.07, 6.45) is 0. The normalized spacial score (nSPS) is 11.5. The van der Waals surface area contributed by atoms with E-state index in [-0.39, 0.29) is 0 Å². The molecule has 2 aromatic rings. The Morgan fingerprint density at radius 3 is 2.55 bits per heavy atom. The third kappa shape index (κ3) is 5.32. The number of hydrogen-bond acceptors (Lipinski definition) is 3. The lowest BCUT2D eigenvalue weighted by Gasteiger charge is -2.07. The Bertz CT molecular complexity index is 715. The number of rotatable bonds is 7. The largest absolute Gasteiger partial charge is 0.240 e. The number of aryl methyl sites for hydroxylation is 1. The molecule has 0 unspecified atom stereocenters. The van der Waals surface area contributed by atoms with Crippen molar-refractivity contribution in [3.05, 3.63) is 64.7 Å². The molecule has 0 amide bonds. The summed E-state index contributed by atoms with van der Waals surface area (Å²) in [6.45, 7) is 2.33. The minimum Gasteiger partial charge on any atom is -0.210 e. The van der Waals surface area contributed by atoms with E-state index in [2.05, 4.69) is 4.72 Å². The van der Waals surface area contributed by atoms with E-state index in [1.165, 1.54) is 0 Å². The van der Waals surface area contributed by atoms with Crippen LogP contribution in [0.1, 0.15) is 11.1 Å². The fourth-order valence-corrected chi connectivity index (χ4v) is 4.05. The van der Waals surface area contributed by atoms with Crippen LogP contribution in [0.2, 0.25) is 5.02 Å². The second kappa shape index (κ2) is 8.02. The maximum atomic E-state index is 12.1. The minimum absolute atomic E-state index is 0.304. The predicted molar refractivity (Wildman–Crippen MR) is 94.0 cm³/mol. The summed E-state index contributed by atoms with van der Waals surface area (Å²) in [5.74, 6) is 1.52. The lowest BCUT2D eigenvalue weighted by atomic mass is 10.2. The number of thioether (sulfide) groups is 1. The summed E-state index contributed by atoms with van der Waals surface area (Å²) in [5, 5.41) is 0.721. The van der Waals surface area contributed by atoms with E-state index in [1.807, 2.05) is 31.2 Å². The van der Waals surface area contributed by atoms with Gasteiger partial charge in [0.15, 0.2) is 0 Å². The molecule has 22 heavy (non-hydrogen) atoms. The van der Waals surface area contributed by atoms with Crippen molar-refractivity contribution in [3.8, 4) is 0 Å². The molecular formula is C16H18ClNO2S2. The molecule has 0 aliphatic heterocycles. The van der Waals surface area contributed by atoms with Crippen molar-refractivity contribution in [3.63, 3.8) is 0 Å². The monoisotopic (exact) mass is 355 g/mol. The van der Waals surface area contributed by atoms with E-state index in [9.17, 15) is 8.42 Å². The van der Waals surface area contributed by atoms with E-state index in [0.29, 0.717) is 17.2 Å². The highest BCUT2D eigenvalue weighted by Crippen LogP contribution is 2.16. The van der Waals surface area contributed by atoms with Gasteiger partial charge in [0.2, 0.25) is 10.0 Å². The standard InChI is InChI=1S/C16H18ClNO2S2/c1-13-5-7-16(8-6-13)22(19,20)18-9-10-21-12-14-3-2-4-15(17)11-14/h2-8,11,18H,9-10,12H2,1H3. The number of hydrogen-bond donors (Lipinski definition) is 1. The minimum atomic E-state index is -3.41. The van der Waals surface area contributed by atoms with Crippen LogP contribution in [0.3, 0.4) is 0 Å². The number of halogens is 1. The van der Waals surface area contributed by atoms with Crippen molar-refractivity contribution in [2.24, 2.45) is 0 Å². The second-order valence-electron chi connectivity index (χ2n) is 4.89. The molecule has 0 spiro atoms. The molecule has 0 radical (unpaired) electrons. The summed E-state index contributed by atoms with van der Waals surface area (Å²) < 4.78 is 26.8. The SMILES string of the molecule is Cc1ccc(S(=O)(=O)NCCSCc2cccc(Cl)c2)cc1. The smallest absolute Gasteiger partial charge is 0.210 e. The van der Waals surface area contributed by atoms with Crippen molar-refractivity contribution in [1.29, 1.82) is 0 Å². The number of nitrogens with one attached hydrogen (secondary N) is 1. The van der Waals surface area contributed by atoms with E-state index in [4.69, 9.17) is 11.6 Å². The molecule has 2 rings (SSSR count). The van der Waals surface area contributed by atoms with Crippen LogP contribution in [0.4, 0.5) is 0 Å². The van der Waals surface area contributed by atoms with Crippen LogP contribution < -0.4 is 4.72 Å². The Morgan fingerprint density at radius 1 is 1.14 bits per heavy atom. The van der Waals surface area contributed by atoms with Crippen molar-refractivity contribution in [1.82, 2.24) is 4.72 Å². The van der Waals surface area contributed by atoms with E-state index in [0.717, 1.165) is 21.9 Å². The first-order valence-corrected chi connectivity index (χ1v) is 9.87. The predicted octanol–water partition coefficient (Wildman–Crippen LogP) is 3.86. The Labute approximate surface area is 141 Å². The number of benzene rings is 2. The fourth-order valence-electron chi connectivity index (χ4n) is 1.87. The van der Waals surface area contributed by atoms with Gasteiger partial charge in [-0.1, -0.05) is 41.4 Å². The van der Waals surface area contributed by atoms with Crippen molar-refractivity contribution >= 4 is 33.4 Å². The van der Waals surface area contributed by atoms with Crippen LogP contribution in [-0.2, 0) is 15.8 Å². The third-order valence-electron chi connectivity index (χ3n) is 3.03. The molecule has 1 N–H and O–H groups in total. The van der Waals surface area contributed by atoms with Crippen molar-refractivity contribution in [2.45, 2.75) is 17.6 Å². The topological polar surface area (TPSA) is 46.2 Å². The van der Waals surface area contributed by atoms with Gasteiger partial charge in [-0.25, -0.2) is 13.1 Å². The Balaban J connectivity index is 1.77. The highest BCUT2D eigenvalue weighted by atomic mass is 35.5. The van der Waals surface area contributed by atoms with Crippen molar-refractivity contribution < 1.29 is 8.42 Å². The van der Waals surface area contributed by atoms with E-state index in [1.54, 1.807) is 36.0 Å². The lowest BCUT2D eigenvalue weighted by molar-refractivity contribution is 0.584. The molecule has 0 aliphatic carbocycles. The Hall–Kier alpha value is -1.01. The molecule has 0 aromatic heterocycles. The van der Waals surface area contributed by atoms with Crippen LogP contribution in [0.15, 0.2) is 53.4 Å². The van der Waals surface area contributed by atoms with Crippen LogP contribution >= 0.6 is 23.4 Å². The van der Waals surface area contributed by atoms with Gasteiger partial charge in [-0.15, -0.1) is 0 Å². The quantitative estimate of drug-likeness (QED) is 0.767. The summed E-state index contributed by atoms with van der Waals surface area (Å²) in [4.78, 5) is 0.304.